The number of carbonyl (C=O) groups excluding carboxylic acids is 1. The lowest BCUT2D eigenvalue weighted by molar-refractivity contribution is -0.159. The lowest BCUT2D eigenvalue weighted by atomic mass is 9.95. The van der Waals surface area contributed by atoms with Gasteiger partial charge in [0.25, 0.3) is 0 Å². The average molecular weight is 362 g/mol. The Bertz CT molecular complexity index is 711. The molecule has 1 amide bonds. The van der Waals surface area contributed by atoms with Crippen LogP contribution >= 0.6 is 11.6 Å². The minimum Gasteiger partial charge on any atom is -0.352 e. The third-order valence-corrected chi connectivity index (χ3v) is 3.95. The van der Waals surface area contributed by atoms with Crippen LogP contribution in [0.3, 0.4) is 0 Å². The van der Waals surface area contributed by atoms with Crippen molar-refractivity contribution >= 4 is 17.5 Å². The van der Waals surface area contributed by atoms with Crippen molar-refractivity contribution in [1.29, 1.82) is 0 Å². The number of rotatable bonds is 5. The summed E-state index contributed by atoms with van der Waals surface area (Å²) >= 11 is 5.73. The molecule has 1 heterocycles. The molecule has 0 spiro atoms. The van der Waals surface area contributed by atoms with Crippen LogP contribution in [-0.4, -0.2) is 21.9 Å². The molecule has 0 unspecified atom stereocenters. The fourth-order valence-corrected chi connectivity index (χ4v) is 1.83. The molecule has 1 N–H and O–H groups in total. The van der Waals surface area contributed by atoms with Gasteiger partial charge in [0, 0.05) is 18.0 Å². The highest BCUT2D eigenvalue weighted by Gasteiger charge is 2.38. The van der Waals surface area contributed by atoms with E-state index < -0.39 is 17.5 Å². The van der Waals surface area contributed by atoms with Gasteiger partial charge in [0.2, 0.25) is 11.7 Å². The van der Waals surface area contributed by atoms with Crippen LogP contribution in [0.15, 0.2) is 28.8 Å². The number of halogens is 4. The minimum absolute atomic E-state index is 0.152. The summed E-state index contributed by atoms with van der Waals surface area (Å²) in [6.07, 6.45) is -4.68. The third kappa shape index (κ3) is 4.25. The first-order valence-electron chi connectivity index (χ1n) is 6.98. The normalized spacial score (nSPS) is 12.2. The number of hydrogen-bond acceptors (Lipinski definition) is 4. The molecule has 0 aliphatic carbocycles. The molecule has 0 saturated heterocycles. The van der Waals surface area contributed by atoms with E-state index in [4.69, 9.17) is 11.6 Å². The van der Waals surface area contributed by atoms with Crippen molar-refractivity contribution in [2.75, 3.05) is 5.88 Å². The molecule has 130 valence electrons. The van der Waals surface area contributed by atoms with Crippen molar-refractivity contribution in [3.63, 3.8) is 0 Å². The van der Waals surface area contributed by atoms with Crippen molar-refractivity contribution in [1.82, 2.24) is 15.5 Å². The SMILES string of the molecule is CC(C)(CCl)C(=O)NCc1ccc(-c2noc(C(F)(F)F)n2)cc1. The standard InChI is InChI=1S/C15H15ClF3N3O2/c1-14(2,8-16)12(23)20-7-9-3-5-10(6-4-9)11-21-13(24-22-11)15(17,18)19/h3-6H,7-8H2,1-2H3,(H,20,23). The van der Waals surface area contributed by atoms with E-state index in [2.05, 4.69) is 20.0 Å². The van der Waals surface area contributed by atoms with E-state index in [9.17, 15) is 18.0 Å². The smallest absolute Gasteiger partial charge is 0.352 e. The molecule has 2 aromatic rings. The Morgan fingerprint density at radius 3 is 2.38 bits per heavy atom. The van der Waals surface area contributed by atoms with Crippen molar-refractivity contribution in [3.05, 3.63) is 35.7 Å². The molecule has 5 nitrogen and oxygen atoms in total. The zero-order valence-corrected chi connectivity index (χ0v) is 13.7. The largest absolute Gasteiger partial charge is 0.471 e. The lowest BCUT2D eigenvalue weighted by Crippen LogP contribution is -2.37. The number of carbonyl (C=O) groups is 1. The molecule has 2 rings (SSSR count). The maximum absolute atomic E-state index is 12.4. The number of aromatic nitrogens is 2. The lowest BCUT2D eigenvalue weighted by Gasteiger charge is -2.20. The Kier molecular flexibility index (Phi) is 5.17. The highest BCUT2D eigenvalue weighted by atomic mass is 35.5. The maximum Gasteiger partial charge on any atom is 0.471 e. The van der Waals surface area contributed by atoms with E-state index in [1.165, 1.54) is 0 Å². The topological polar surface area (TPSA) is 68.0 Å². The summed E-state index contributed by atoms with van der Waals surface area (Å²) in [5.41, 5.74) is 0.475. The first-order valence-corrected chi connectivity index (χ1v) is 7.51. The Hall–Kier alpha value is -2.09. The molecule has 9 heteroatoms. The average Bonchev–Trinajstić information content (AvgIpc) is 3.03. The molecule has 0 radical (unpaired) electrons. The van der Waals surface area contributed by atoms with Gasteiger partial charge in [-0.25, -0.2) is 0 Å². The zero-order chi connectivity index (χ0) is 18.0. The van der Waals surface area contributed by atoms with Gasteiger partial charge in [0.05, 0.1) is 5.41 Å². The van der Waals surface area contributed by atoms with Gasteiger partial charge in [-0.05, 0) is 19.4 Å². The van der Waals surface area contributed by atoms with Crippen LogP contribution in [0.1, 0.15) is 25.3 Å². The van der Waals surface area contributed by atoms with Crippen LogP contribution in [0.2, 0.25) is 0 Å². The molecule has 0 atom stereocenters. The van der Waals surface area contributed by atoms with Crippen molar-refractivity contribution < 1.29 is 22.5 Å². The van der Waals surface area contributed by atoms with Crippen molar-refractivity contribution in [3.8, 4) is 11.4 Å². The Labute approximate surface area is 141 Å². The second-order valence-electron chi connectivity index (χ2n) is 5.82. The van der Waals surface area contributed by atoms with Crippen LogP contribution in [0, 0.1) is 5.41 Å². The first kappa shape index (κ1) is 18.3. The van der Waals surface area contributed by atoms with Gasteiger partial charge in [-0.1, -0.05) is 29.4 Å². The van der Waals surface area contributed by atoms with Gasteiger partial charge in [0.15, 0.2) is 0 Å². The third-order valence-electron chi connectivity index (χ3n) is 3.28. The van der Waals surface area contributed by atoms with Gasteiger partial charge < -0.3 is 9.84 Å². The summed E-state index contributed by atoms with van der Waals surface area (Å²) < 4.78 is 41.5. The maximum atomic E-state index is 12.4. The fraction of sp³-hybridized carbons (Fsp3) is 0.400. The molecule has 24 heavy (non-hydrogen) atoms. The van der Waals surface area contributed by atoms with Crippen molar-refractivity contribution in [2.24, 2.45) is 5.41 Å². The zero-order valence-electron chi connectivity index (χ0n) is 12.9. The van der Waals surface area contributed by atoms with Gasteiger partial charge in [-0.3, -0.25) is 4.79 Å². The quantitative estimate of drug-likeness (QED) is 0.826. The van der Waals surface area contributed by atoms with Gasteiger partial charge in [-0.15, -0.1) is 11.6 Å². The Balaban J connectivity index is 2.03. The van der Waals surface area contributed by atoms with E-state index in [1.54, 1.807) is 38.1 Å². The second-order valence-corrected chi connectivity index (χ2v) is 6.09. The molecule has 0 bridgehead atoms. The Morgan fingerprint density at radius 1 is 1.25 bits per heavy atom. The number of nitrogens with zero attached hydrogens (tertiary/aromatic N) is 2. The second kappa shape index (κ2) is 6.80. The number of nitrogens with one attached hydrogen (secondary N) is 1. The van der Waals surface area contributed by atoms with Crippen LogP contribution < -0.4 is 5.32 Å². The number of hydrogen-bond donors (Lipinski definition) is 1. The first-order chi connectivity index (χ1) is 11.1. The van der Waals surface area contributed by atoms with Crippen LogP contribution in [0.25, 0.3) is 11.4 Å². The Morgan fingerprint density at radius 2 is 1.88 bits per heavy atom. The summed E-state index contributed by atoms with van der Waals surface area (Å²) in [4.78, 5) is 15.2. The van der Waals surface area contributed by atoms with E-state index in [1.807, 2.05) is 0 Å². The fourth-order valence-electron chi connectivity index (χ4n) is 1.71. The van der Waals surface area contributed by atoms with E-state index in [0.717, 1.165) is 5.56 Å². The molecular weight excluding hydrogens is 347 g/mol. The summed E-state index contributed by atoms with van der Waals surface area (Å²) in [7, 11) is 0. The highest BCUT2D eigenvalue weighted by Crippen LogP contribution is 2.29. The molecule has 0 fully saturated rings. The predicted molar refractivity (Wildman–Crippen MR) is 81.1 cm³/mol. The van der Waals surface area contributed by atoms with Gasteiger partial charge in [0.1, 0.15) is 0 Å². The highest BCUT2D eigenvalue weighted by molar-refractivity contribution is 6.19. The molecule has 1 aromatic carbocycles. The molecule has 0 aliphatic heterocycles. The molecule has 0 saturated carbocycles. The van der Waals surface area contributed by atoms with E-state index >= 15 is 0 Å². The van der Waals surface area contributed by atoms with Gasteiger partial charge >= 0.3 is 12.1 Å². The predicted octanol–water partition coefficient (Wildman–Crippen LogP) is 3.64. The summed E-state index contributed by atoms with van der Waals surface area (Å²) in [6, 6.07) is 6.43. The van der Waals surface area contributed by atoms with Crippen molar-refractivity contribution in [2.45, 2.75) is 26.6 Å². The van der Waals surface area contributed by atoms with Crippen LogP contribution in [0.4, 0.5) is 13.2 Å². The van der Waals surface area contributed by atoms with E-state index in [-0.39, 0.29) is 24.2 Å². The summed E-state index contributed by atoms with van der Waals surface area (Å²) in [5.74, 6) is -1.54. The monoisotopic (exact) mass is 361 g/mol. The number of alkyl halides is 4. The molecule has 1 aromatic heterocycles. The summed E-state index contributed by atoms with van der Waals surface area (Å²) in [6.45, 7) is 3.74. The van der Waals surface area contributed by atoms with Crippen LogP contribution in [0.5, 0.6) is 0 Å². The number of benzene rings is 1. The molecular formula is C15H15ClF3N3O2. The molecule has 0 aliphatic rings. The number of amides is 1. The minimum atomic E-state index is -4.68. The summed E-state index contributed by atoms with van der Waals surface area (Å²) in [5, 5.41) is 6.06. The van der Waals surface area contributed by atoms with E-state index in [0.29, 0.717) is 5.56 Å². The van der Waals surface area contributed by atoms with Gasteiger partial charge in [-0.2, -0.15) is 18.2 Å². The van der Waals surface area contributed by atoms with Crippen LogP contribution in [-0.2, 0) is 17.5 Å².